The number of imide groups is 1. The highest BCUT2D eigenvalue weighted by atomic mass is 32.2. The van der Waals surface area contributed by atoms with Crippen molar-refractivity contribution in [2.75, 3.05) is 14.1 Å². The van der Waals surface area contributed by atoms with Gasteiger partial charge in [-0.15, -0.1) is 0 Å². The number of phenols is 1. The van der Waals surface area contributed by atoms with Crippen molar-refractivity contribution in [2.24, 2.45) is 0 Å². The van der Waals surface area contributed by atoms with Gasteiger partial charge in [-0.25, -0.2) is 4.39 Å². The van der Waals surface area contributed by atoms with Crippen LogP contribution in [0.5, 0.6) is 11.5 Å². The second-order valence-corrected chi connectivity index (χ2v) is 8.09. The van der Waals surface area contributed by atoms with E-state index in [1.54, 1.807) is 12.1 Å². The zero-order valence-corrected chi connectivity index (χ0v) is 16.8. The molecule has 1 aromatic heterocycles. The monoisotopic (exact) mass is 429 g/mol. The number of amides is 2. The third-order valence-corrected chi connectivity index (χ3v) is 5.52. The van der Waals surface area contributed by atoms with E-state index in [0.29, 0.717) is 5.56 Å². The van der Waals surface area contributed by atoms with E-state index in [1.807, 2.05) is 0 Å². The van der Waals surface area contributed by atoms with Crippen LogP contribution in [-0.4, -0.2) is 49.4 Å². The van der Waals surface area contributed by atoms with Crippen LogP contribution in [0.1, 0.15) is 26.3 Å². The molecule has 0 saturated carbocycles. The lowest BCUT2D eigenvalue weighted by Gasteiger charge is -2.15. The quantitative estimate of drug-likeness (QED) is 0.625. The maximum absolute atomic E-state index is 13.2. The molecule has 1 aliphatic heterocycles. The minimum Gasteiger partial charge on any atom is -0.505 e. The zero-order valence-electron chi connectivity index (χ0n) is 16.0. The highest BCUT2D eigenvalue weighted by molar-refractivity contribution is 7.78. The van der Waals surface area contributed by atoms with Crippen molar-refractivity contribution in [3.63, 3.8) is 0 Å². The first-order valence-corrected chi connectivity index (χ1v) is 9.84. The number of rotatable bonds is 5. The SMILES string of the molecule is CN(C)S(=O)Oc1c2c(c(O)c3ncccc13)C(=O)N(Cc1ccc(F)cc1)C2=O. The van der Waals surface area contributed by atoms with Gasteiger partial charge in [-0.2, -0.15) is 8.51 Å². The lowest BCUT2D eigenvalue weighted by molar-refractivity contribution is 0.0641. The fourth-order valence-corrected chi connectivity index (χ4v) is 3.65. The number of nitrogens with zero attached hydrogens (tertiary/aromatic N) is 3. The zero-order chi connectivity index (χ0) is 21.6. The predicted molar refractivity (Wildman–Crippen MR) is 106 cm³/mol. The Morgan fingerprint density at radius 2 is 1.80 bits per heavy atom. The van der Waals surface area contributed by atoms with E-state index >= 15 is 0 Å². The highest BCUT2D eigenvalue weighted by Gasteiger charge is 2.43. The fourth-order valence-electron chi connectivity index (χ4n) is 3.19. The Morgan fingerprint density at radius 1 is 1.13 bits per heavy atom. The fraction of sp³-hybridized carbons (Fsp3) is 0.150. The van der Waals surface area contributed by atoms with Crippen molar-refractivity contribution >= 4 is 34.0 Å². The molecule has 0 radical (unpaired) electrons. The summed E-state index contributed by atoms with van der Waals surface area (Å²) in [6, 6.07) is 8.46. The van der Waals surface area contributed by atoms with Gasteiger partial charge < -0.3 is 9.29 Å². The lowest BCUT2D eigenvalue weighted by atomic mass is 10.0. The second-order valence-electron chi connectivity index (χ2n) is 6.76. The van der Waals surface area contributed by atoms with Gasteiger partial charge in [-0.05, 0) is 29.8 Å². The smallest absolute Gasteiger partial charge is 0.290 e. The number of hydrogen-bond donors (Lipinski definition) is 1. The maximum Gasteiger partial charge on any atom is 0.290 e. The van der Waals surface area contributed by atoms with Crippen LogP contribution >= 0.6 is 0 Å². The van der Waals surface area contributed by atoms with E-state index in [9.17, 15) is 23.3 Å². The van der Waals surface area contributed by atoms with Gasteiger partial charge in [-0.3, -0.25) is 19.5 Å². The van der Waals surface area contributed by atoms with Crippen molar-refractivity contribution in [3.05, 3.63) is 65.1 Å². The van der Waals surface area contributed by atoms with Crippen LogP contribution in [0.25, 0.3) is 10.9 Å². The topological polar surface area (TPSA) is 100 Å². The van der Waals surface area contributed by atoms with Gasteiger partial charge in [0.25, 0.3) is 23.1 Å². The molecular formula is C20H16FN3O5S. The summed E-state index contributed by atoms with van der Waals surface area (Å²) in [6.45, 7) is -0.133. The van der Waals surface area contributed by atoms with E-state index in [0.717, 1.165) is 4.90 Å². The highest BCUT2D eigenvalue weighted by Crippen LogP contribution is 2.44. The average Bonchev–Trinajstić information content (AvgIpc) is 2.97. The van der Waals surface area contributed by atoms with Crippen LogP contribution < -0.4 is 4.18 Å². The van der Waals surface area contributed by atoms with Crippen molar-refractivity contribution < 1.29 is 27.5 Å². The Kier molecular flexibility index (Phi) is 4.96. The molecule has 10 heteroatoms. The minimum absolute atomic E-state index is 0.0480. The molecule has 0 saturated heterocycles. The Labute approximate surface area is 173 Å². The molecule has 154 valence electrons. The number of aromatic nitrogens is 1. The number of carbonyl (C=O) groups excluding carboxylic acids is 2. The van der Waals surface area contributed by atoms with Gasteiger partial charge in [0, 0.05) is 25.7 Å². The van der Waals surface area contributed by atoms with Crippen LogP contribution in [0.15, 0.2) is 42.6 Å². The largest absolute Gasteiger partial charge is 0.505 e. The normalized spacial score (nSPS) is 14.5. The third kappa shape index (κ3) is 3.19. The van der Waals surface area contributed by atoms with Crippen molar-refractivity contribution in [1.29, 1.82) is 0 Å². The van der Waals surface area contributed by atoms with E-state index in [-0.39, 0.29) is 34.3 Å². The van der Waals surface area contributed by atoms with Gasteiger partial charge in [0.2, 0.25) is 0 Å². The van der Waals surface area contributed by atoms with Gasteiger partial charge >= 0.3 is 0 Å². The molecule has 0 aliphatic carbocycles. The summed E-state index contributed by atoms with van der Waals surface area (Å²) in [5.74, 6) is -2.46. The molecule has 2 heterocycles. The van der Waals surface area contributed by atoms with Gasteiger partial charge in [0.1, 0.15) is 22.5 Å². The summed E-state index contributed by atoms with van der Waals surface area (Å²) in [6.07, 6.45) is 1.42. The summed E-state index contributed by atoms with van der Waals surface area (Å²) >= 11 is -1.96. The third-order valence-electron chi connectivity index (χ3n) is 4.62. The molecule has 8 nitrogen and oxygen atoms in total. The van der Waals surface area contributed by atoms with Crippen LogP contribution in [0.4, 0.5) is 4.39 Å². The van der Waals surface area contributed by atoms with Crippen LogP contribution in [0, 0.1) is 5.82 Å². The molecule has 2 amide bonds. The molecule has 1 atom stereocenters. The molecule has 1 N–H and O–H groups in total. The molecular weight excluding hydrogens is 413 g/mol. The van der Waals surface area contributed by atoms with Crippen LogP contribution in [0.3, 0.4) is 0 Å². The standard InChI is InChI=1S/C20H16FN3O5S/c1-23(2)30(28)29-18-13-4-3-9-22-16(13)17(25)14-15(18)20(27)24(19(14)26)10-11-5-7-12(21)8-6-11/h3-9,25H,10H2,1-2H3. The number of hydrogen-bond acceptors (Lipinski definition) is 6. The average molecular weight is 429 g/mol. The Hall–Kier alpha value is -3.37. The number of phenolic OH excluding ortho intramolecular Hbond substituents is 1. The molecule has 1 aliphatic rings. The van der Waals surface area contributed by atoms with E-state index < -0.39 is 34.6 Å². The van der Waals surface area contributed by atoms with E-state index in [1.165, 1.54) is 48.9 Å². The summed E-state index contributed by atoms with van der Waals surface area (Å²) < 4.78 is 32.3. The van der Waals surface area contributed by atoms with Crippen molar-refractivity contribution in [2.45, 2.75) is 6.54 Å². The predicted octanol–water partition coefficient (Wildman–Crippen LogP) is 2.39. The van der Waals surface area contributed by atoms with Gasteiger partial charge in [0.05, 0.1) is 6.54 Å². The minimum atomic E-state index is -1.96. The maximum atomic E-state index is 13.2. The summed E-state index contributed by atoms with van der Waals surface area (Å²) in [7, 11) is 3.04. The number of pyridine rings is 1. The van der Waals surface area contributed by atoms with Crippen molar-refractivity contribution in [3.8, 4) is 11.5 Å². The molecule has 0 spiro atoms. The molecule has 4 rings (SSSR count). The molecule has 1 unspecified atom stereocenters. The number of carbonyl (C=O) groups is 2. The summed E-state index contributed by atoms with van der Waals surface area (Å²) in [4.78, 5) is 31.2. The second kappa shape index (κ2) is 7.47. The summed E-state index contributed by atoms with van der Waals surface area (Å²) in [5, 5.41) is 10.9. The first-order chi connectivity index (χ1) is 14.3. The number of fused-ring (bicyclic) bond motifs is 2. The van der Waals surface area contributed by atoms with E-state index in [2.05, 4.69) is 4.98 Å². The Bertz CT molecular complexity index is 1210. The van der Waals surface area contributed by atoms with Crippen LogP contribution in [0.2, 0.25) is 0 Å². The first kappa shape index (κ1) is 19.9. The molecule has 30 heavy (non-hydrogen) atoms. The molecule has 2 aromatic carbocycles. The molecule has 0 fully saturated rings. The van der Waals surface area contributed by atoms with Gasteiger partial charge in [-0.1, -0.05) is 12.1 Å². The van der Waals surface area contributed by atoms with Crippen LogP contribution in [-0.2, 0) is 17.8 Å². The molecule has 0 bridgehead atoms. The Balaban J connectivity index is 1.87. The Morgan fingerprint density at radius 3 is 2.47 bits per heavy atom. The number of halogens is 1. The van der Waals surface area contributed by atoms with Gasteiger partial charge in [0.15, 0.2) is 11.5 Å². The molecule has 3 aromatic rings. The first-order valence-electron chi connectivity index (χ1n) is 8.81. The number of aromatic hydroxyl groups is 1. The summed E-state index contributed by atoms with van der Waals surface area (Å²) in [5.41, 5.74) is 0.119. The van der Waals surface area contributed by atoms with Crippen molar-refractivity contribution in [1.82, 2.24) is 14.2 Å². The van der Waals surface area contributed by atoms with E-state index in [4.69, 9.17) is 4.18 Å². The lowest BCUT2D eigenvalue weighted by Crippen LogP contribution is -2.29. The number of benzene rings is 2.